The SMILES string of the molecule is CCCCCNc1cc(C)nc(Nc2ccc(Br)cc2C)n1. The van der Waals surface area contributed by atoms with Crippen LogP contribution in [0.1, 0.15) is 37.4 Å². The van der Waals surface area contributed by atoms with Crippen LogP contribution in [0, 0.1) is 13.8 Å². The van der Waals surface area contributed by atoms with Crippen LogP contribution in [0.15, 0.2) is 28.7 Å². The molecule has 1 heterocycles. The lowest BCUT2D eigenvalue weighted by Crippen LogP contribution is -2.07. The Hall–Kier alpha value is -1.62. The zero-order chi connectivity index (χ0) is 15.9. The van der Waals surface area contributed by atoms with E-state index < -0.39 is 0 Å². The van der Waals surface area contributed by atoms with Crippen LogP contribution in [-0.2, 0) is 0 Å². The van der Waals surface area contributed by atoms with Crippen molar-refractivity contribution in [3.8, 4) is 0 Å². The number of hydrogen-bond acceptors (Lipinski definition) is 4. The molecule has 0 aliphatic carbocycles. The van der Waals surface area contributed by atoms with Gasteiger partial charge in [-0.3, -0.25) is 0 Å². The summed E-state index contributed by atoms with van der Waals surface area (Å²) in [6.45, 7) is 7.20. The van der Waals surface area contributed by atoms with Gasteiger partial charge in [0.05, 0.1) is 0 Å². The minimum Gasteiger partial charge on any atom is -0.370 e. The van der Waals surface area contributed by atoms with Crippen molar-refractivity contribution >= 4 is 33.4 Å². The highest BCUT2D eigenvalue weighted by atomic mass is 79.9. The smallest absolute Gasteiger partial charge is 0.229 e. The molecule has 0 bridgehead atoms. The molecule has 2 rings (SSSR count). The third-order valence-electron chi connectivity index (χ3n) is 3.38. The highest BCUT2D eigenvalue weighted by molar-refractivity contribution is 9.10. The molecule has 0 saturated heterocycles. The predicted octanol–water partition coefficient (Wildman–Crippen LogP) is 5.20. The van der Waals surface area contributed by atoms with Crippen LogP contribution in [-0.4, -0.2) is 16.5 Å². The number of hydrogen-bond donors (Lipinski definition) is 2. The van der Waals surface area contributed by atoms with Gasteiger partial charge in [-0.1, -0.05) is 35.7 Å². The van der Waals surface area contributed by atoms with E-state index in [4.69, 9.17) is 0 Å². The number of aromatic nitrogens is 2. The number of benzene rings is 1. The van der Waals surface area contributed by atoms with Crippen LogP contribution >= 0.6 is 15.9 Å². The molecule has 0 atom stereocenters. The van der Waals surface area contributed by atoms with E-state index in [2.05, 4.69) is 56.4 Å². The summed E-state index contributed by atoms with van der Waals surface area (Å²) >= 11 is 3.48. The summed E-state index contributed by atoms with van der Waals surface area (Å²) in [5, 5.41) is 6.67. The average Bonchev–Trinajstić information content (AvgIpc) is 2.46. The Morgan fingerprint density at radius 1 is 1.09 bits per heavy atom. The van der Waals surface area contributed by atoms with Crippen LogP contribution in [0.4, 0.5) is 17.5 Å². The molecular weight excluding hydrogens is 340 g/mol. The molecule has 0 spiro atoms. The second-order valence-electron chi connectivity index (χ2n) is 5.44. The molecule has 1 aromatic carbocycles. The van der Waals surface area contributed by atoms with Gasteiger partial charge in [0.1, 0.15) is 5.82 Å². The zero-order valence-electron chi connectivity index (χ0n) is 13.4. The topological polar surface area (TPSA) is 49.8 Å². The van der Waals surface area contributed by atoms with E-state index in [1.165, 1.54) is 12.8 Å². The molecule has 0 fully saturated rings. The fourth-order valence-electron chi connectivity index (χ4n) is 2.19. The number of rotatable bonds is 7. The van der Waals surface area contributed by atoms with Crippen molar-refractivity contribution in [3.05, 3.63) is 40.0 Å². The molecule has 118 valence electrons. The molecule has 5 heteroatoms. The number of anilines is 3. The van der Waals surface area contributed by atoms with Crippen molar-refractivity contribution in [2.24, 2.45) is 0 Å². The van der Waals surface area contributed by atoms with E-state index in [-0.39, 0.29) is 0 Å². The largest absolute Gasteiger partial charge is 0.370 e. The van der Waals surface area contributed by atoms with Gasteiger partial charge < -0.3 is 10.6 Å². The van der Waals surface area contributed by atoms with Gasteiger partial charge in [-0.05, 0) is 44.0 Å². The maximum absolute atomic E-state index is 4.54. The lowest BCUT2D eigenvalue weighted by Gasteiger charge is -2.11. The average molecular weight is 363 g/mol. The fraction of sp³-hybridized carbons (Fsp3) is 0.412. The molecular formula is C17H23BrN4. The number of halogens is 1. The first-order chi connectivity index (χ1) is 10.6. The Morgan fingerprint density at radius 3 is 2.64 bits per heavy atom. The van der Waals surface area contributed by atoms with Gasteiger partial charge in [-0.2, -0.15) is 4.98 Å². The van der Waals surface area contributed by atoms with E-state index in [1.54, 1.807) is 0 Å². The third kappa shape index (κ3) is 4.98. The Balaban J connectivity index is 2.08. The monoisotopic (exact) mass is 362 g/mol. The van der Waals surface area contributed by atoms with Crippen LogP contribution in [0.2, 0.25) is 0 Å². The number of nitrogens with one attached hydrogen (secondary N) is 2. The molecule has 0 radical (unpaired) electrons. The Labute approximate surface area is 140 Å². The van der Waals surface area contributed by atoms with Gasteiger partial charge >= 0.3 is 0 Å². The minimum atomic E-state index is 0.628. The first-order valence-electron chi connectivity index (χ1n) is 7.71. The van der Waals surface area contributed by atoms with E-state index in [0.29, 0.717) is 5.95 Å². The molecule has 0 amide bonds. The number of unbranched alkanes of at least 4 members (excludes halogenated alkanes) is 2. The van der Waals surface area contributed by atoms with Gasteiger partial charge in [0.2, 0.25) is 5.95 Å². The summed E-state index contributed by atoms with van der Waals surface area (Å²) in [6.07, 6.45) is 3.62. The zero-order valence-corrected chi connectivity index (χ0v) is 15.0. The first kappa shape index (κ1) is 16.7. The summed E-state index contributed by atoms with van der Waals surface area (Å²) in [7, 11) is 0. The molecule has 0 aliphatic rings. The van der Waals surface area contributed by atoms with E-state index in [0.717, 1.165) is 40.2 Å². The summed E-state index contributed by atoms with van der Waals surface area (Å²) in [4.78, 5) is 9.01. The molecule has 0 aliphatic heterocycles. The molecule has 2 aromatic rings. The van der Waals surface area contributed by atoms with Crippen molar-refractivity contribution < 1.29 is 0 Å². The molecule has 0 saturated carbocycles. The molecule has 4 nitrogen and oxygen atoms in total. The first-order valence-corrected chi connectivity index (χ1v) is 8.50. The maximum atomic E-state index is 4.54. The van der Waals surface area contributed by atoms with Crippen molar-refractivity contribution in [3.63, 3.8) is 0 Å². The Morgan fingerprint density at radius 2 is 1.91 bits per heavy atom. The predicted molar refractivity (Wildman–Crippen MR) is 96.9 cm³/mol. The van der Waals surface area contributed by atoms with E-state index in [9.17, 15) is 0 Å². The highest BCUT2D eigenvalue weighted by Gasteiger charge is 2.05. The lowest BCUT2D eigenvalue weighted by molar-refractivity contribution is 0.742. The minimum absolute atomic E-state index is 0.628. The number of aryl methyl sites for hydroxylation is 2. The third-order valence-corrected chi connectivity index (χ3v) is 3.87. The number of nitrogens with zero attached hydrogens (tertiary/aromatic N) is 2. The molecule has 0 unspecified atom stereocenters. The lowest BCUT2D eigenvalue weighted by atomic mass is 10.2. The Kier molecular flexibility index (Phi) is 6.19. The highest BCUT2D eigenvalue weighted by Crippen LogP contribution is 2.23. The van der Waals surface area contributed by atoms with Crippen LogP contribution in [0.3, 0.4) is 0 Å². The normalized spacial score (nSPS) is 10.5. The fourth-order valence-corrected chi connectivity index (χ4v) is 2.67. The standard InChI is InChI=1S/C17H23BrN4/c1-4-5-6-9-19-16-11-13(3)20-17(22-16)21-15-8-7-14(18)10-12(15)2/h7-8,10-11H,4-6,9H2,1-3H3,(H2,19,20,21,22). The second-order valence-corrected chi connectivity index (χ2v) is 6.35. The van der Waals surface area contributed by atoms with Gasteiger partial charge in [0.25, 0.3) is 0 Å². The second kappa shape index (κ2) is 8.13. The quantitative estimate of drug-likeness (QED) is 0.664. The van der Waals surface area contributed by atoms with Gasteiger partial charge in [-0.25, -0.2) is 4.98 Å². The summed E-state index contributed by atoms with van der Waals surface area (Å²) < 4.78 is 1.07. The van der Waals surface area contributed by atoms with Crippen molar-refractivity contribution in [2.75, 3.05) is 17.2 Å². The molecule has 22 heavy (non-hydrogen) atoms. The van der Waals surface area contributed by atoms with Crippen molar-refractivity contribution in [1.29, 1.82) is 0 Å². The van der Waals surface area contributed by atoms with Crippen molar-refractivity contribution in [2.45, 2.75) is 40.0 Å². The molecule has 1 aromatic heterocycles. The van der Waals surface area contributed by atoms with Crippen LogP contribution in [0.25, 0.3) is 0 Å². The van der Waals surface area contributed by atoms with Gasteiger partial charge in [0, 0.05) is 28.5 Å². The van der Waals surface area contributed by atoms with Crippen LogP contribution in [0.5, 0.6) is 0 Å². The van der Waals surface area contributed by atoms with Crippen LogP contribution < -0.4 is 10.6 Å². The summed E-state index contributed by atoms with van der Waals surface area (Å²) in [5.74, 6) is 1.50. The van der Waals surface area contributed by atoms with E-state index in [1.807, 2.05) is 25.1 Å². The maximum Gasteiger partial charge on any atom is 0.229 e. The molecule has 2 N–H and O–H groups in total. The van der Waals surface area contributed by atoms with E-state index >= 15 is 0 Å². The van der Waals surface area contributed by atoms with Gasteiger partial charge in [0.15, 0.2) is 0 Å². The summed E-state index contributed by atoms with van der Waals surface area (Å²) in [6, 6.07) is 8.09. The van der Waals surface area contributed by atoms with Crippen molar-refractivity contribution in [1.82, 2.24) is 9.97 Å². The van der Waals surface area contributed by atoms with Gasteiger partial charge in [-0.15, -0.1) is 0 Å². The summed E-state index contributed by atoms with van der Waals surface area (Å²) in [5.41, 5.74) is 3.12. The Bertz CT molecular complexity index is 628.